The Morgan fingerprint density at radius 3 is 2.70 bits per heavy atom. The second kappa shape index (κ2) is 4.85. The summed E-state index contributed by atoms with van der Waals surface area (Å²) < 4.78 is 26.5. The first-order valence-corrected chi connectivity index (χ1v) is 6.95. The SMILES string of the molecule is Cc1[nH]ncc1S(=O)(=O)Nc1cc(N)ccc1C(=O)O. The van der Waals surface area contributed by atoms with Crippen LogP contribution in [-0.4, -0.2) is 29.7 Å². The summed E-state index contributed by atoms with van der Waals surface area (Å²) in [6.45, 7) is 1.54. The van der Waals surface area contributed by atoms with E-state index < -0.39 is 16.0 Å². The first-order valence-electron chi connectivity index (χ1n) is 5.47. The fourth-order valence-electron chi connectivity index (χ4n) is 1.64. The van der Waals surface area contributed by atoms with Gasteiger partial charge in [-0.1, -0.05) is 0 Å². The van der Waals surface area contributed by atoms with Crippen LogP contribution in [0.4, 0.5) is 11.4 Å². The summed E-state index contributed by atoms with van der Waals surface area (Å²) in [6, 6.07) is 3.86. The number of anilines is 2. The number of aromatic amines is 1. The molecular weight excluding hydrogens is 284 g/mol. The number of carboxylic acid groups (broad SMARTS) is 1. The zero-order valence-electron chi connectivity index (χ0n) is 10.4. The lowest BCUT2D eigenvalue weighted by atomic mass is 10.1. The molecule has 2 rings (SSSR count). The molecule has 0 aliphatic rings. The molecule has 1 heterocycles. The lowest BCUT2D eigenvalue weighted by molar-refractivity contribution is 0.0698. The van der Waals surface area contributed by atoms with Crippen LogP contribution in [0.1, 0.15) is 16.1 Å². The molecule has 1 aromatic carbocycles. The largest absolute Gasteiger partial charge is 0.478 e. The van der Waals surface area contributed by atoms with Crippen LogP contribution < -0.4 is 10.5 Å². The van der Waals surface area contributed by atoms with E-state index in [9.17, 15) is 13.2 Å². The predicted octanol–water partition coefficient (Wildman–Crippen LogP) is 0.799. The highest BCUT2D eigenvalue weighted by atomic mass is 32.2. The molecule has 5 N–H and O–H groups in total. The van der Waals surface area contributed by atoms with Crippen molar-refractivity contribution in [2.45, 2.75) is 11.8 Å². The molecule has 9 heteroatoms. The third kappa shape index (κ3) is 2.57. The van der Waals surface area contributed by atoms with Crippen LogP contribution in [-0.2, 0) is 10.0 Å². The minimum absolute atomic E-state index is 0.0590. The maximum absolute atomic E-state index is 12.2. The van der Waals surface area contributed by atoms with E-state index in [4.69, 9.17) is 10.8 Å². The summed E-state index contributed by atoms with van der Waals surface area (Å²) >= 11 is 0. The lowest BCUT2D eigenvalue weighted by Crippen LogP contribution is -2.16. The zero-order valence-corrected chi connectivity index (χ0v) is 11.2. The van der Waals surface area contributed by atoms with E-state index in [0.717, 1.165) is 6.20 Å². The molecule has 0 radical (unpaired) electrons. The van der Waals surface area contributed by atoms with Gasteiger partial charge in [-0.15, -0.1) is 0 Å². The fourth-order valence-corrected chi connectivity index (χ4v) is 2.85. The summed E-state index contributed by atoms with van der Waals surface area (Å²) in [5, 5.41) is 15.2. The zero-order chi connectivity index (χ0) is 14.9. The predicted molar refractivity (Wildman–Crippen MR) is 71.9 cm³/mol. The number of aromatic carboxylic acids is 1. The number of H-pyrrole nitrogens is 1. The van der Waals surface area contributed by atoms with Gasteiger partial charge in [0, 0.05) is 5.69 Å². The Morgan fingerprint density at radius 2 is 2.15 bits per heavy atom. The minimum Gasteiger partial charge on any atom is -0.478 e. The third-order valence-electron chi connectivity index (χ3n) is 2.59. The molecule has 20 heavy (non-hydrogen) atoms. The van der Waals surface area contributed by atoms with Gasteiger partial charge in [-0.2, -0.15) is 5.10 Å². The van der Waals surface area contributed by atoms with E-state index >= 15 is 0 Å². The molecule has 0 fully saturated rings. The Bertz CT molecular complexity index is 766. The molecule has 0 bridgehead atoms. The maximum atomic E-state index is 12.2. The highest BCUT2D eigenvalue weighted by Crippen LogP contribution is 2.23. The van der Waals surface area contributed by atoms with Gasteiger partial charge in [-0.05, 0) is 25.1 Å². The number of nitrogen functional groups attached to an aromatic ring is 1. The fraction of sp³-hybridized carbons (Fsp3) is 0.0909. The summed E-state index contributed by atoms with van der Waals surface area (Å²) in [5.41, 5.74) is 5.85. The van der Waals surface area contributed by atoms with Crippen LogP contribution in [0.2, 0.25) is 0 Å². The number of carbonyl (C=O) groups is 1. The van der Waals surface area contributed by atoms with E-state index in [2.05, 4.69) is 14.9 Å². The molecule has 106 valence electrons. The number of carboxylic acids is 1. The molecule has 0 unspecified atom stereocenters. The number of aromatic nitrogens is 2. The standard InChI is InChI=1S/C11H12N4O4S/c1-6-10(5-13-14-6)20(18,19)15-9-4-7(12)2-3-8(9)11(16)17/h2-5,15H,12H2,1H3,(H,13,14)(H,16,17). The van der Waals surface area contributed by atoms with Gasteiger partial charge in [0.2, 0.25) is 0 Å². The van der Waals surface area contributed by atoms with Crippen LogP contribution in [0.3, 0.4) is 0 Å². The van der Waals surface area contributed by atoms with Crippen molar-refractivity contribution in [2.24, 2.45) is 0 Å². The molecule has 0 aliphatic carbocycles. The quantitative estimate of drug-likeness (QED) is 0.615. The van der Waals surface area contributed by atoms with Crippen LogP contribution in [0.15, 0.2) is 29.3 Å². The normalized spacial score (nSPS) is 11.2. The monoisotopic (exact) mass is 296 g/mol. The number of aryl methyl sites for hydroxylation is 1. The van der Waals surface area contributed by atoms with Gasteiger partial charge < -0.3 is 10.8 Å². The topological polar surface area (TPSA) is 138 Å². The molecule has 1 aromatic heterocycles. The Hall–Kier alpha value is -2.55. The average Bonchev–Trinajstić information content (AvgIpc) is 2.75. The first kappa shape index (κ1) is 13.9. The van der Waals surface area contributed by atoms with Gasteiger partial charge in [0.25, 0.3) is 10.0 Å². The molecule has 0 amide bonds. The number of hydrogen-bond donors (Lipinski definition) is 4. The van der Waals surface area contributed by atoms with E-state index in [1.807, 2.05) is 0 Å². The molecule has 0 atom stereocenters. The Balaban J connectivity index is 2.47. The summed E-state index contributed by atoms with van der Waals surface area (Å²) in [5.74, 6) is -1.26. The second-order valence-corrected chi connectivity index (χ2v) is 5.73. The van der Waals surface area contributed by atoms with Gasteiger partial charge in [0.05, 0.1) is 23.1 Å². The van der Waals surface area contributed by atoms with E-state index in [0.29, 0.717) is 5.69 Å². The van der Waals surface area contributed by atoms with Crippen molar-refractivity contribution in [3.63, 3.8) is 0 Å². The number of benzene rings is 1. The average molecular weight is 296 g/mol. The van der Waals surface area contributed by atoms with Crippen molar-refractivity contribution in [3.8, 4) is 0 Å². The smallest absolute Gasteiger partial charge is 0.337 e. The van der Waals surface area contributed by atoms with Crippen molar-refractivity contribution in [2.75, 3.05) is 10.5 Å². The van der Waals surface area contributed by atoms with Crippen LogP contribution in [0, 0.1) is 6.92 Å². The van der Waals surface area contributed by atoms with Crippen molar-refractivity contribution in [1.82, 2.24) is 10.2 Å². The second-order valence-electron chi connectivity index (χ2n) is 4.07. The highest BCUT2D eigenvalue weighted by Gasteiger charge is 2.21. The van der Waals surface area contributed by atoms with Crippen molar-refractivity contribution < 1.29 is 18.3 Å². The number of sulfonamides is 1. The van der Waals surface area contributed by atoms with Crippen molar-refractivity contribution in [1.29, 1.82) is 0 Å². The summed E-state index contributed by atoms with van der Waals surface area (Å²) in [4.78, 5) is 11.0. The van der Waals surface area contributed by atoms with Crippen LogP contribution in [0.25, 0.3) is 0 Å². The first-order chi connectivity index (χ1) is 9.31. The van der Waals surface area contributed by atoms with Crippen LogP contribution in [0.5, 0.6) is 0 Å². The molecule has 0 saturated heterocycles. The van der Waals surface area contributed by atoms with E-state index in [1.54, 1.807) is 6.92 Å². The van der Waals surface area contributed by atoms with Gasteiger partial charge in [-0.3, -0.25) is 9.82 Å². The number of rotatable bonds is 4. The van der Waals surface area contributed by atoms with Gasteiger partial charge in [0.15, 0.2) is 0 Å². The van der Waals surface area contributed by atoms with E-state index in [-0.39, 0.29) is 21.8 Å². The number of hydrogen-bond acceptors (Lipinski definition) is 5. The number of nitrogens with zero attached hydrogens (tertiary/aromatic N) is 1. The lowest BCUT2D eigenvalue weighted by Gasteiger charge is -2.10. The molecule has 2 aromatic rings. The maximum Gasteiger partial charge on any atom is 0.337 e. The Kier molecular flexibility index (Phi) is 3.36. The molecular formula is C11H12N4O4S. The van der Waals surface area contributed by atoms with Crippen molar-refractivity contribution in [3.05, 3.63) is 35.7 Å². The third-order valence-corrected chi connectivity index (χ3v) is 4.07. The Labute approximate surface area is 114 Å². The molecule has 8 nitrogen and oxygen atoms in total. The minimum atomic E-state index is -3.94. The van der Waals surface area contributed by atoms with Crippen molar-refractivity contribution >= 4 is 27.4 Å². The Morgan fingerprint density at radius 1 is 1.45 bits per heavy atom. The highest BCUT2D eigenvalue weighted by molar-refractivity contribution is 7.92. The molecule has 0 aliphatic heterocycles. The summed E-state index contributed by atoms with van der Waals surface area (Å²) in [6.07, 6.45) is 1.14. The van der Waals surface area contributed by atoms with Crippen LogP contribution >= 0.6 is 0 Å². The van der Waals surface area contributed by atoms with Gasteiger partial charge in [-0.25, -0.2) is 13.2 Å². The van der Waals surface area contributed by atoms with E-state index in [1.165, 1.54) is 18.2 Å². The summed E-state index contributed by atoms with van der Waals surface area (Å²) in [7, 11) is -3.94. The molecule has 0 saturated carbocycles. The van der Waals surface area contributed by atoms with Gasteiger partial charge in [0.1, 0.15) is 4.90 Å². The molecule has 0 spiro atoms. The number of nitrogens with two attached hydrogens (primary N) is 1. The number of nitrogens with one attached hydrogen (secondary N) is 2. The van der Waals surface area contributed by atoms with Gasteiger partial charge >= 0.3 is 5.97 Å².